The number of hydrogen-bond acceptors (Lipinski definition) is 4. The van der Waals surface area contributed by atoms with E-state index in [9.17, 15) is 9.18 Å². The fraction of sp³-hybridized carbons (Fsp3) is 0.529. The number of halogens is 1. The summed E-state index contributed by atoms with van der Waals surface area (Å²) < 4.78 is 23.8. The zero-order valence-corrected chi connectivity index (χ0v) is 13.8. The van der Waals surface area contributed by atoms with E-state index in [0.717, 1.165) is 19.3 Å². The number of ether oxygens (including phenoxy) is 2. The van der Waals surface area contributed by atoms with Crippen molar-refractivity contribution >= 4 is 11.9 Å². The first-order valence-corrected chi connectivity index (χ1v) is 7.99. The molecule has 1 amide bonds. The van der Waals surface area contributed by atoms with Crippen LogP contribution in [-0.2, 0) is 9.47 Å². The van der Waals surface area contributed by atoms with E-state index in [1.165, 1.54) is 24.3 Å². The molecule has 6 heteroatoms. The zero-order chi connectivity index (χ0) is 16.9. The van der Waals surface area contributed by atoms with Crippen molar-refractivity contribution in [1.29, 1.82) is 0 Å². The van der Waals surface area contributed by atoms with Gasteiger partial charge in [0.1, 0.15) is 12.4 Å². The van der Waals surface area contributed by atoms with E-state index in [2.05, 4.69) is 17.2 Å². The number of carbonyl (C=O) groups is 1. The highest BCUT2D eigenvalue weighted by atomic mass is 19.1. The Morgan fingerprint density at radius 2 is 2.09 bits per heavy atom. The lowest BCUT2D eigenvalue weighted by Crippen LogP contribution is -2.33. The molecule has 0 radical (unpaired) electrons. The van der Waals surface area contributed by atoms with Gasteiger partial charge in [0.2, 0.25) is 0 Å². The van der Waals surface area contributed by atoms with Crippen molar-refractivity contribution in [3.05, 3.63) is 35.6 Å². The van der Waals surface area contributed by atoms with Gasteiger partial charge in [0.15, 0.2) is 0 Å². The molecule has 1 aromatic carbocycles. The third kappa shape index (κ3) is 8.30. The fourth-order valence-electron chi connectivity index (χ4n) is 1.80. The number of hydrogen-bond donors (Lipinski definition) is 1. The molecule has 0 spiro atoms. The summed E-state index contributed by atoms with van der Waals surface area (Å²) in [4.78, 5) is 16.4. The first-order chi connectivity index (χ1) is 11.2. The Hall–Kier alpha value is -1.95. The first kappa shape index (κ1) is 19.1. The molecule has 0 heterocycles. The minimum atomic E-state index is -0.462. The lowest BCUT2D eigenvalue weighted by molar-refractivity contribution is 0.0921. The molecule has 0 unspecified atom stereocenters. The molecule has 23 heavy (non-hydrogen) atoms. The van der Waals surface area contributed by atoms with E-state index in [1.807, 2.05) is 6.92 Å². The third-order valence-electron chi connectivity index (χ3n) is 2.99. The first-order valence-electron chi connectivity index (χ1n) is 7.99. The summed E-state index contributed by atoms with van der Waals surface area (Å²) in [6, 6.07) is 5.63. The van der Waals surface area contributed by atoms with Gasteiger partial charge in [0.05, 0.1) is 6.61 Å². The number of amides is 1. The van der Waals surface area contributed by atoms with Crippen molar-refractivity contribution in [3.8, 4) is 0 Å². The molecular weight excluding hydrogens is 299 g/mol. The number of benzene rings is 1. The molecule has 5 nitrogen and oxygen atoms in total. The van der Waals surface area contributed by atoms with E-state index in [-0.39, 0.29) is 11.6 Å². The van der Waals surface area contributed by atoms with Crippen LogP contribution < -0.4 is 5.32 Å². The monoisotopic (exact) mass is 324 g/mol. The minimum Gasteiger partial charge on any atom is -0.463 e. The lowest BCUT2D eigenvalue weighted by atomic mass is 10.2. The molecule has 0 aliphatic heterocycles. The van der Waals surface area contributed by atoms with Crippen LogP contribution in [0.4, 0.5) is 4.39 Å². The Kier molecular flexibility index (Phi) is 9.63. The Bertz CT molecular complexity index is 506. The van der Waals surface area contributed by atoms with Crippen LogP contribution >= 0.6 is 0 Å². The molecule has 1 N–H and O–H groups in total. The van der Waals surface area contributed by atoms with Crippen LogP contribution in [0.25, 0.3) is 0 Å². The lowest BCUT2D eigenvalue weighted by Gasteiger charge is -2.11. The highest BCUT2D eigenvalue weighted by Crippen LogP contribution is 2.03. The van der Waals surface area contributed by atoms with Gasteiger partial charge in [-0.3, -0.25) is 10.1 Å². The molecule has 0 aromatic heterocycles. The van der Waals surface area contributed by atoms with Crippen molar-refractivity contribution in [2.24, 2.45) is 4.99 Å². The van der Waals surface area contributed by atoms with Gasteiger partial charge < -0.3 is 9.47 Å². The van der Waals surface area contributed by atoms with Gasteiger partial charge in [-0.2, -0.15) is 0 Å². The normalized spacial score (nSPS) is 11.3. The van der Waals surface area contributed by atoms with E-state index in [1.54, 1.807) is 0 Å². The number of amidine groups is 1. The molecule has 0 saturated heterocycles. The molecule has 1 aromatic rings. The Morgan fingerprint density at radius 3 is 2.78 bits per heavy atom. The average molecular weight is 324 g/mol. The molecule has 0 bridgehead atoms. The summed E-state index contributed by atoms with van der Waals surface area (Å²) in [5.41, 5.74) is 0.222. The second kappa shape index (κ2) is 11.6. The van der Waals surface area contributed by atoms with Crippen LogP contribution in [0, 0.1) is 5.82 Å². The Labute approximate surface area is 136 Å². The largest absolute Gasteiger partial charge is 0.463 e. The highest BCUT2D eigenvalue weighted by molar-refractivity contribution is 6.04. The molecule has 0 aliphatic rings. The molecule has 128 valence electrons. The predicted octanol–water partition coefficient (Wildman–Crippen LogP) is 3.15. The summed E-state index contributed by atoms with van der Waals surface area (Å²) in [7, 11) is 0. The van der Waals surface area contributed by atoms with Gasteiger partial charge in [-0.15, -0.1) is 0 Å². The van der Waals surface area contributed by atoms with E-state index in [4.69, 9.17) is 9.47 Å². The number of aliphatic imine (C=N–C) groups is 1. The van der Waals surface area contributed by atoms with E-state index in [0.29, 0.717) is 26.4 Å². The minimum absolute atomic E-state index is 0.148. The summed E-state index contributed by atoms with van der Waals surface area (Å²) in [5, 5.41) is 2.58. The van der Waals surface area contributed by atoms with Crippen molar-refractivity contribution in [3.63, 3.8) is 0 Å². The molecule has 1 rings (SSSR count). The molecular formula is C17H25FN2O3. The summed E-state index contributed by atoms with van der Waals surface area (Å²) in [6.45, 7) is 5.88. The molecule has 0 aliphatic carbocycles. The standard InChI is InChI=1S/C17H25FN2O3/c1-3-5-6-10-19-17(23-12-11-22-4-2)20-16(21)14-8-7-9-15(18)13-14/h7-9,13H,3-6,10-12H2,1-2H3,(H,19,20,21). The molecule has 0 fully saturated rings. The van der Waals surface area contributed by atoms with Crippen LogP contribution in [-0.4, -0.2) is 38.3 Å². The van der Waals surface area contributed by atoms with Gasteiger partial charge in [0, 0.05) is 18.7 Å². The number of unbranched alkanes of at least 4 members (excludes halogenated alkanes) is 2. The second-order valence-electron chi connectivity index (χ2n) is 4.90. The maximum absolute atomic E-state index is 13.2. The van der Waals surface area contributed by atoms with Crippen LogP contribution in [0.5, 0.6) is 0 Å². The SMILES string of the molecule is CCCCCN=C(NC(=O)c1cccc(F)c1)OCCOCC. The molecule has 0 atom stereocenters. The highest BCUT2D eigenvalue weighted by Gasteiger charge is 2.10. The van der Waals surface area contributed by atoms with Crippen molar-refractivity contribution in [1.82, 2.24) is 5.32 Å². The van der Waals surface area contributed by atoms with Gasteiger partial charge in [-0.25, -0.2) is 9.38 Å². The number of carbonyl (C=O) groups excluding carboxylic acids is 1. The zero-order valence-electron chi connectivity index (χ0n) is 13.8. The van der Waals surface area contributed by atoms with Gasteiger partial charge in [-0.05, 0) is 31.5 Å². The average Bonchev–Trinajstić information content (AvgIpc) is 2.55. The van der Waals surface area contributed by atoms with Gasteiger partial charge >= 0.3 is 0 Å². The summed E-state index contributed by atoms with van der Waals surface area (Å²) in [6.07, 6.45) is 3.07. The number of nitrogens with one attached hydrogen (secondary N) is 1. The summed E-state index contributed by atoms with van der Waals surface area (Å²) in [5.74, 6) is -0.911. The number of rotatable bonds is 9. The maximum Gasteiger partial charge on any atom is 0.291 e. The van der Waals surface area contributed by atoms with Crippen LogP contribution in [0.1, 0.15) is 43.5 Å². The van der Waals surface area contributed by atoms with Crippen LogP contribution in [0.15, 0.2) is 29.3 Å². The Morgan fingerprint density at radius 1 is 1.26 bits per heavy atom. The predicted molar refractivity (Wildman–Crippen MR) is 88.1 cm³/mol. The van der Waals surface area contributed by atoms with E-state index >= 15 is 0 Å². The van der Waals surface area contributed by atoms with Gasteiger partial charge in [0.25, 0.3) is 11.9 Å². The third-order valence-corrected chi connectivity index (χ3v) is 2.99. The van der Waals surface area contributed by atoms with Crippen molar-refractivity contribution < 1.29 is 18.7 Å². The van der Waals surface area contributed by atoms with Crippen molar-refractivity contribution in [2.75, 3.05) is 26.4 Å². The maximum atomic E-state index is 13.2. The molecule has 0 saturated carbocycles. The smallest absolute Gasteiger partial charge is 0.291 e. The number of nitrogens with zero attached hydrogens (tertiary/aromatic N) is 1. The second-order valence-corrected chi connectivity index (χ2v) is 4.90. The summed E-state index contributed by atoms with van der Waals surface area (Å²) >= 11 is 0. The van der Waals surface area contributed by atoms with Crippen LogP contribution in [0.2, 0.25) is 0 Å². The van der Waals surface area contributed by atoms with Crippen LogP contribution in [0.3, 0.4) is 0 Å². The topological polar surface area (TPSA) is 59.9 Å². The Balaban J connectivity index is 2.60. The quantitative estimate of drug-likeness (QED) is 0.431. The fourth-order valence-corrected chi connectivity index (χ4v) is 1.80. The van der Waals surface area contributed by atoms with E-state index < -0.39 is 11.7 Å². The van der Waals surface area contributed by atoms with Gasteiger partial charge in [-0.1, -0.05) is 25.8 Å². The van der Waals surface area contributed by atoms with Crippen molar-refractivity contribution in [2.45, 2.75) is 33.1 Å².